The first-order chi connectivity index (χ1) is 11.1. The molecule has 2 heterocycles. The van der Waals surface area contributed by atoms with Gasteiger partial charge in [-0.3, -0.25) is 9.59 Å². The van der Waals surface area contributed by atoms with Gasteiger partial charge in [0.15, 0.2) is 0 Å². The zero-order valence-corrected chi connectivity index (χ0v) is 15.7. The molecule has 3 rings (SSSR count). The number of hydrogen-bond donors (Lipinski definition) is 1. The summed E-state index contributed by atoms with van der Waals surface area (Å²) in [7, 11) is 0. The van der Waals surface area contributed by atoms with Crippen molar-refractivity contribution in [3.05, 3.63) is 49.7 Å². The van der Waals surface area contributed by atoms with Crippen molar-refractivity contribution in [1.29, 1.82) is 0 Å². The van der Waals surface area contributed by atoms with Crippen molar-refractivity contribution < 1.29 is 9.59 Å². The van der Waals surface area contributed by atoms with Crippen LogP contribution in [0.25, 0.3) is 0 Å². The molecule has 0 saturated carbocycles. The molecule has 0 aliphatic carbocycles. The lowest BCUT2D eigenvalue weighted by atomic mass is 10.1. The van der Waals surface area contributed by atoms with Gasteiger partial charge in [-0.05, 0) is 77.6 Å². The Morgan fingerprint density at radius 3 is 2.87 bits per heavy atom. The molecule has 0 unspecified atom stereocenters. The smallest absolute Gasteiger partial charge is 0.264 e. The normalized spacial score (nSPS) is 17.3. The molecule has 1 N–H and O–H groups in total. The van der Waals surface area contributed by atoms with Gasteiger partial charge in [0.05, 0.1) is 4.88 Å². The number of amides is 2. The first kappa shape index (κ1) is 16.4. The fourth-order valence-corrected chi connectivity index (χ4v) is 4.13. The van der Waals surface area contributed by atoms with Crippen LogP contribution in [0.2, 0.25) is 0 Å². The van der Waals surface area contributed by atoms with Crippen molar-refractivity contribution in [1.82, 2.24) is 4.90 Å². The molecule has 4 nitrogen and oxygen atoms in total. The number of nitrogens with one attached hydrogen (secondary N) is 1. The molecule has 1 aliphatic rings. The van der Waals surface area contributed by atoms with E-state index in [2.05, 4.69) is 27.9 Å². The second kappa shape index (κ2) is 7.00. The second-order valence-corrected chi connectivity index (χ2v) is 7.78. The van der Waals surface area contributed by atoms with Crippen LogP contribution in [0.4, 0.5) is 5.69 Å². The zero-order valence-electron chi connectivity index (χ0n) is 12.7. The van der Waals surface area contributed by atoms with Gasteiger partial charge in [-0.25, -0.2) is 0 Å². The van der Waals surface area contributed by atoms with Gasteiger partial charge < -0.3 is 10.2 Å². The van der Waals surface area contributed by atoms with Crippen molar-refractivity contribution in [2.75, 3.05) is 11.9 Å². The molecule has 2 aromatic rings. The molecule has 1 aliphatic heterocycles. The van der Waals surface area contributed by atoms with Gasteiger partial charge in [-0.1, -0.05) is 6.07 Å². The van der Waals surface area contributed by atoms with Gasteiger partial charge in [-0.2, -0.15) is 0 Å². The molecule has 1 aromatic carbocycles. The average Bonchev–Trinajstić information content (AvgIpc) is 3.20. The van der Waals surface area contributed by atoms with Crippen LogP contribution >= 0.6 is 33.9 Å². The van der Waals surface area contributed by atoms with E-state index < -0.39 is 0 Å². The number of likely N-dealkylation sites (tertiary alicyclic amines) is 1. The summed E-state index contributed by atoms with van der Waals surface area (Å²) in [5, 5.41) is 4.86. The van der Waals surface area contributed by atoms with E-state index in [1.807, 2.05) is 42.6 Å². The predicted octanol–water partition coefficient (Wildman–Crippen LogP) is 3.90. The fourth-order valence-electron chi connectivity index (χ4n) is 2.81. The van der Waals surface area contributed by atoms with E-state index in [1.165, 1.54) is 11.3 Å². The Labute approximate surface area is 153 Å². The van der Waals surface area contributed by atoms with Crippen molar-refractivity contribution in [3.8, 4) is 0 Å². The SMILES string of the molecule is Cc1cc(I)ccc1NC(=O)[C@H]1CCCN1C(=O)c1cccs1. The van der Waals surface area contributed by atoms with Crippen molar-refractivity contribution in [2.24, 2.45) is 0 Å². The lowest BCUT2D eigenvalue weighted by molar-refractivity contribution is -0.119. The van der Waals surface area contributed by atoms with Gasteiger partial charge in [0, 0.05) is 15.8 Å². The maximum Gasteiger partial charge on any atom is 0.264 e. The standard InChI is InChI=1S/C17H17IN2O2S/c1-11-10-12(18)6-7-13(11)19-16(21)14-4-2-8-20(14)17(22)15-5-3-9-23-15/h3,5-7,9-10,14H,2,4,8H2,1H3,(H,19,21)/t14-/m1/s1. The van der Waals surface area contributed by atoms with Crippen LogP contribution in [0.3, 0.4) is 0 Å². The quantitative estimate of drug-likeness (QED) is 0.737. The van der Waals surface area contributed by atoms with Crippen LogP contribution in [0, 0.1) is 10.5 Å². The highest BCUT2D eigenvalue weighted by atomic mass is 127. The van der Waals surface area contributed by atoms with Crippen LogP contribution in [0.15, 0.2) is 35.7 Å². The molecule has 2 amide bonds. The second-order valence-electron chi connectivity index (χ2n) is 5.58. The van der Waals surface area contributed by atoms with Crippen molar-refractivity contribution >= 4 is 51.4 Å². The van der Waals surface area contributed by atoms with E-state index in [4.69, 9.17) is 0 Å². The minimum absolute atomic E-state index is 0.0445. The minimum atomic E-state index is -0.386. The van der Waals surface area contributed by atoms with E-state index in [-0.39, 0.29) is 17.9 Å². The number of benzene rings is 1. The fraction of sp³-hybridized carbons (Fsp3) is 0.294. The van der Waals surface area contributed by atoms with Crippen LogP contribution in [-0.4, -0.2) is 29.3 Å². The molecule has 1 saturated heterocycles. The Morgan fingerprint density at radius 2 is 2.17 bits per heavy atom. The van der Waals surface area contributed by atoms with Gasteiger partial charge in [0.1, 0.15) is 6.04 Å². The van der Waals surface area contributed by atoms with E-state index in [0.29, 0.717) is 17.8 Å². The topological polar surface area (TPSA) is 49.4 Å². The molecular weight excluding hydrogens is 423 g/mol. The molecule has 6 heteroatoms. The Bertz CT molecular complexity index is 730. The number of aryl methyl sites for hydroxylation is 1. The summed E-state index contributed by atoms with van der Waals surface area (Å²) in [5.41, 5.74) is 1.84. The molecule has 0 spiro atoms. The molecule has 120 valence electrons. The zero-order chi connectivity index (χ0) is 16.4. The van der Waals surface area contributed by atoms with Crippen molar-refractivity contribution in [2.45, 2.75) is 25.8 Å². The molecule has 1 atom stereocenters. The molecule has 1 fully saturated rings. The largest absolute Gasteiger partial charge is 0.326 e. The Morgan fingerprint density at radius 1 is 1.35 bits per heavy atom. The number of thiophene rings is 1. The van der Waals surface area contributed by atoms with E-state index in [9.17, 15) is 9.59 Å². The van der Waals surface area contributed by atoms with E-state index >= 15 is 0 Å². The van der Waals surface area contributed by atoms with Crippen molar-refractivity contribution in [3.63, 3.8) is 0 Å². The van der Waals surface area contributed by atoms with E-state index in [1.54, 1.807) is 4.90 Å². The lowest BCUT2D eigenvalue weighted by Gasteiger charge is -2.23. The Balaban J connectivity index is 1.74. The number of carbonyl (C=O) groups excluding carboxylic acids is 2. The minimum Gasteiger partial charge on any atom is -0.326 e. The third-order valence-corrected chi connectivity index (χ3v) is 5.52. The predicted molar refractivity (Wildman–Crippen MR) is 101 cm³/mol. The summed E-state index contributed by atoms with van der Waals surface area (Å²) in [6.07, 6.45) is 1.58. The molecule has 0 radical (unpaired) electrons. The Hall–Kier alpha value is -1.41. The molecular formula is C17H17IN2O2S. The lowest BCUT2D eigenvalue weighted by Crippen LogP contribution is -2.43. The van der Waals surface area contributed by atoms with Crippen LogP contribution < -0.4 is 5.32 Å². The third kappa shape index (κ3) is 3.58. The van der Waals surface area contributed by atoms with Crippen LogP contribution in [0.1, 0.15) is 28.1 Å². The number of anilines is 1. The summed E-state index contributed by atoms with van der Waals surface area (Å²) >= 11 is 3.66. The number of rotatable bonds is 3. The number of carbonyl (C=O) groups is 2. The first-order valence-electron chi connectivity index (χ1n) is 7.48. The molecule has 1 aromatic heterocycles. The van der Waals surface area contributed by atoms with Gasteiger partial charge in [0.2, 0.25) is 5.91 Å². The first-order valence-corrected chi connectivity index (χ1v) is 9.43. The number of hydrogen-bond acceptors (Lipinski definition) is 3. The maximum atomic E-state index is 12.6. The number of nitrogens with zero attached hydrogens (tertiary/aromatic N) is 1. The van der Waals surface area contributed by atoms with Crippen LogP contribution in [0.5, 0.6) is 0 Å². The van der Waals surface area contributed by atoms with Gasteiger partial charge in [0.25, 0.3) is 5.91 Å². The summed E-state index contributed by atoms with van der Waals surface area (Å²) in [6, 6.07) is 9.19. The van der Waals surface area contributed by atoms with Crippen LogP contribution in [-0.2, 0) is 4.79 Å². The summed E-state index contributed by atoms with van der Waals surface area (Å²) in [5.74, 6) is -0.145. The summed E-state index contributed by atoms with van der Waals surface area (Å²) in [6.45, 7) is 2.61. The van der Waals surface area contributed by atoms with E-state index in [0.717, 1.165) is 21.2 Å². The van der Waals surface area contributed by atoms with Gasteiger partial charge >= 0.3 is 0 Å². The highest BCUT2D eigenvalue weighted by Crippen LogP contribution is 2.24. The average molecular weight is 440 g/mol. The highest BCUT2D eigenvalue weighted by molar-refractivity contribution is 14.1. The summed E-state index contributed by atoms with van der Waals surface area (Å²) in [4.78, 5) is 27.6. The highest BCUT2D eigenvalue weighted by Gasteiger charge is 2.35. The molecule has 0 bridgehead atoms. The monoisotopic (exact) mass is 440 g/mol. The number of halogens is 1. The Kier molecular flexibility index (Phi) is 5.01. The third-order valence-electron chi connectivity index (χ3n) is 3.99. The summed E-state index contributed by atoms with van der Waals surface area (Å²) < 4.78 is 1.13. The maximum absolute atomic E-state index is 12.6. The van der Waals surface area contributed by atoms with Gasteiger partial charge in [-0.15, -0.1) is 11.3 Å². The molecule has 23 heavy (non-hydrogen) atoms.